The molecule has 3 rings (SSSR count). The van der Waals surface area contributed by atoms with Crippen LogP contribution in [-0.2, 0) is 29.0 Å². The number of benzene rings is 3. The molecule has 34 heavy (non-hydrogen) atoms. The molecule has 0 aromatic heterocycles. The highest BCUT2D eigenvalue weighted by atomic mass is 35.5. The van der Waals surface area contributed by atoms with E-state index in [0.29, 0.717) is 27.1 Å². The maximum Gasteiger partial charge on any atom is 0.243 e. The minimum atomic E-state index is -0.726. The van der Waals surface area contributed by atoms with E-state index in [4.69, 9.17) is 34.8 Å². The quantitative estimate of drug-likeness (QED) is 0.359. The Hall–Kier alpha value is -2.53. The van der Waals surface area contributed by atoms with E-state index in [0.717, 1.165) is 11.1 Å². The fraction of sp³-hybridized carbons (Fsp3) is 0.259. The van der Waals surface area contributed by atoms with E-state index in [2.05, 4.69) is 5.32 Å². The van der Waals surface area contributed by atoms with Gasteiger partial charge in [0.1, 0.15) is 6.04 Å². The Kier molecular flexibility index (Phi) is 9.40. The van der Waals surface area contributed by atoms with E-state index >= 15 is 0 Å². The molecule has 0 aliphatic carbocycles. The van der Waals surface area contributed by atoms with Crippen LogP contribution in [0.4, 0.5) is 0 Å². The SMILES string of the molecule is CC(C)NC(=O)[C@@H](Cc1ccccc1)N(Cc1ccccc1Cl)C(=O)Cc1ccc(Cl)c(Cl)c1. The first-order chi connectivity index (χ1) is 16.2. The minimum absolute atomic E-state index is 0.0710. The highest BCUT2D eigenvalue weighted by Gasteiger charge is 2.31. The zero-order chi connectivity index (χ0) is 24.7. The highest BCUT2D eigenvalue weighted by molar-refractivity contribution is 6.42. The summed E-state index contributed by atoms with van der Waals surface area (Å²) < 4.78 is 0. The predicted octanol–water partition coefficient (Wildman–Crippen LogP) is 6.35. The van der Waals surface area contributed by atoms with Crippen LogP contribution in [0.15, 0.2) is 72.8 Å². The van der Waals surface area contributed by atoms with E-state index in [-0.39, 0.29) is 30.8 Å². The zero-order valence-electron chi connectivity index (χ0n) is 19.1. The zero-order valence-corrected chi connectivity index (χ0v) is 21.4. The van der Waals surface area contributed by atoms with Crippen molar-refractivity contribution in [1.29, 1.82) is 0 Å². The Morgan fingerprint density at radius 2 is 1.50 bits per heavy atom. The largest absolute Gasteiger partial charge is 0.352 e. The number of carbonyl (C=O) groups excluding carboxylic acids is 2. The van der Waals surface area contributed by atoms with Crippen molar-refractivity contribution in [3.63, 3.8) is 0 Å². The molecule has 3 aromatic rings. The van der Waals surface area contributed by atoms with Gasteiger partial charge in [-0.3, -0.25) is 9.59 Å². The molecule has 0 spiro atoms. The smallest absolute Gasteiger partial charge is 0.243 e. The fourth-order valence-corrected chi connectivity index (χ4v) is 4.19. The molecular weight excluding hydrogens is 491 g/mol. The average Bonchev–Trinajstić information content (AvgIpc) is 2.80. The van der Waals surface area contributed by atoms with Gasteiger partial charge in [-0.2, -0.15) is 0 Å². The molecule has 0 bridgehead atoms. The summed E-state index contributed by atoms with van der Waals surface area (Å²) in [5.41, 5.74) is 2.44. The Bertz CT molecular complexity index is 1140. The Morgan fingerprint density at radius 1 is 0.824 bits per heavy atom. The molecule has 2 amide bonds. The molecule has 0 saturated carbocycles. The monoisotopic (exact) mass is 516 g/mol. The predicted molar refractivity (Wildman–Crippen MR) is 139 cm³/mol. The topological polar surface area (TPSA) is 49.4 Å². The third kappa shape index (κ3) is 7.23. The number of halogens is 3. The average molecular weight is 518 g/mol. The van der Waals surface area contributed by atoms with E-state index in [1.165, 1.54) is 0 Å². The van der Waals surface area contributed by atoms with Crippen LogP contribution >= 0.6 is 34.8 Å². The van der Waals surface area contributed by atoms with Gasteiger partial charge in [0.2, 0.25) is 11.8 Å². The summed E-state index contributed by atoms with van der Waals surface area (Å²) in [7, 11) is 0. The fourth-order valence-electron chi connectivity index (χ4n) is 3.67. The number of nitrogens with one attached hydrogen (secondary N) is 1. The van der Waals surface area contributed by atoms with Gasteiger partial charge in [0.15, 0.2) is 0 Å². The summed E-state index contributed by atoms with van der Waals surface area (Å²) in [5.74, 6) is -0.424. The van der Waals surface area contributed by atoms with E-state index in [1.807, 2.05) is 62.4 Å². The van der Waals surface area contributed by atoms with Gasteiger partial charge in [0.05, 0.1) is 16.5 Å². The van der Waals surface area contributed by atoms with Gasteiger partial charge in [-0.15, -0.1) is 0 Å². The van der Waals surface area contributed by atoms with E-state index < -0.39 is 6.04 Å². The Balaban J connectivity index is 1.99. The lowest BCUT2D eigenvalue weighted by molar-refractivity contribution is -0.141. The van der Waals surface area contributed by atoms with Gasteiger partial charge >= 0.3 is 0 Å². The maximum atomic E-state index is 13.7. The van der Waals surface area contributed by atoms with Crippen molar-refractivity contribution >= 4 is 46.6 Å². The molecule has 0 unspecified atom stereocenters. The van der Waals surface area contributed by atoms with Gasteiger partial charge in [-0.25, -0.2) is 0 Å². The Morgan fingerprint density at radius 3 is 2.15 bits per heavy atom. The molecule has 1 N–H and O–H groups in total. The maximum absolute atomic E-state index is 13.7. The molecule has 7 heteroatoms. The lowest BCUT2D eigenvalue weighted by atomic mass is 10.0. The molecule has 0 saturated heterocycles. The molecule has 4 nitrogen and oxygen atoms in total. The van der Waals surface area contributed by atoms with Crippen molar-refractivity contribution in [2.24, 2.45) is 0 Å². The number of amides is 2. The van der Waals surface area contributed by atoms with E-state index in [1.54, 1.807) is 29.2 Å². The second-order valence-corrected chi connectivity index (χ2v) is 9.63. The summed E-state index contributed by atoms with van der Waals surface area (Å²) in [5, 5.41) is 4.31. The molecule has 0 aliphatic rings. The normalized spacial score (nSPS) is 11.8. The van der Waals surface area contributed by atoms with Crippen molar-refractivity contribution in [3.8, 4) is 0 Å². The highest BCUT2D eigenvalue weighted by Crippen LogP contribution is 2.25. The number of nitrogens with zero attached hydrogens (tertiary/aromatic N) is 1. The van der Waals surface area contributed by atoms with Crippen LogP contribution < -0.4 is 5.32 Å². The molecular formula is C27H27Cl3N2O2. The van der Waals surface area contributed by atoms with Crippen molar-refractivity contribution in [3.05, 3.63) is 105 Å². The van der Waals surface area contributed by atoms with Gasteiger partial charge in [0, 0.05) is 24.0 Å². The number of rotatable bonds is 9. The first kappa shape index (κ1) is 26.1. The molecule has 3 aromatic carbocycles. The molecule has 178 valence electrons. The van der Waals surface area contributed by atoms with Gasteiger partial charge in [-0.05, 0) is 48.7 Å². The van der Waals surface area contributed by atoms with Crippen molar-refractivity contribution in [2.45, 2.75) is 45.3 Å². The van der Waals surface area contributed by atoms with Crippen LogP contribution in [0.2, 0.25) is 15.1 Å². The molecule has 0 fully saturated rings. The summed E-state index contributed by atoms with van der Waals surface area (Å²) in [6.45, 7) is 3.99. The number of hydrogen-bond acceptors (Lipinski definition) is 2. The summed E-state index contributed by atoms with van der Waals surface area (Å²) >= 11 is 18.6. The van der Waals surface area contributed by atoms with Crippen LogP contribution in [0.5, 0.6) is 0 Å². The van der Waals surface area contributed by atoms with Crippen LogP contribution in [0.3, 0.4) is 0 Å². The van der Waals surface area contributed by atoms with Crippen LogP contribution in [0.25, 0.3) is 0 Å². The van der Waals surface area contributed by atoms with E-state index in [9.17, 15) is 9.59 Å². The van der Waals surface area contributed by atoms with Crippen molar-refractivity contribution in [1.82, 2.24) is 10.2 Å². The van der Waals surface area contributed by atoms with Crippen LogP contribution in [0, 0.1) is 0 Å². The first-order valence-electron chi connectivity index (χ1n) is 11.1. The second kappa shape index (κ2) is 12.3. The lowest BCUT2D eigenvalue weighted by Crippen LogP contribution is -2.52. The summed E-state index contributed by atoms with van der Waals surface area (Å²) in [6.07, 6.45) is 0.443. The number of carbonyl (C=O) groups is 2. The number of hydrogen-bond donors (Lipinski definition) is 1. The van der Waals surface area contributed by atoms with Gasteiger partial charge in [0.25, 0.3) is 0 Å². The van der Waals surface area contributed by atoms with Gasteiger partial charge < -0.3 is 10.2 Å². The third-order valence-corrected chi connectivity index (χ3v) is 6.45. The Labute approximate surface area is 215 Å². The third-order valence-electron chi connectivity index (χ3n) is 5.34. The van der Waals surface area contributed by atoms with Crippen molar-refractivity contribution in [2.75, 3.05) is 0 Å². The molecule has 1 atom stereocenters. The molecule has 0 aliphatic heterocycles. The first-order valence-corrected chi connectivity index (χ1v) is 12.2. The summed E-state index contributed by atoms with van der Waals surface area (Å²) in [6, 6.07) is 21.3. The van der Waals surface area contributed by atoms with Gasteiger partial charge in [-0.1, -0.05) is 89.4 Å². The summed E-state index contributed by atoms with van der Waals surface area (Å²) in [4.78, 5) is 28.6. The molecule has 0 radical (unpaired) electrons. The van der Waals surface area contributed by atoms with Crippen LogP contribution in [0.1, 0.15) is 30.5 Å². The van der Waals surface area contributed by atoms with Crippen LogP contribution in [-0.4, -0.2) is 28.8 Å². The second-order valence-electron chi connectivity index (χ2n) is 8.41. The lowest BCUT2D eigenvalue weighted by Gasteiger charge is -2.32. The standard InChI is InChI=1S/C27H27Cl3N2O2/c1-18(2)31-27(34)25(15-19-8-4-3-5-9-19)32(17-21-10-6-7-11-22(21)28)26(33)16-20-12-13-23(29)24(30)14-20/h3-14,18,25H,15-17H2,1-2H3,(H,31,34)/t25-/m1/s1. The minimum Gasteiger partial charge on any atom is -0.352 e. The van der Waals surface area contributed by atoms with Crippen molar-refractivity contribution < 1.29 is 9.59 Å². The molecule has 0 heterocycles.